The highest BCUT2D eigenvalue weighted by Gasteiger charge is 2.91. The summed E-state index contributed by atoms with van der Waals surface area (Å²) in [7, 11) is 0. The fourth-order valence-corrected chi connectivity index (χ4v) is 2.23. The summed E-state index contributed by atoms with van der Waals surface area (Å²) in [4.78, 5) is 22.7. The molecule has 2 atom stereocenters. The molecule has 0 aromatic rings. The normalized spacial score (nSPS) is 28.2. The Kier molecular flexibility index (Phi) is 6.62. The predicted octanol–water partition coefficient (Wildman–Crippen LogP) is 4.16. The largest absolute Gasteiger partial charge is 0.465 e. The number of alkyl halides is 9. The van der Waals surface area contributed by atoms with Crippen molar-refractivity contribution in [3.8, 4) is 0 Å². The Balaban J connectivity index is 2.79. The van der Waals surface area contributed by atoms with E-state index in [0.29, 0.717) is 6.42 Å². The van der Waals surface area contributed by atoms with Crippen LogP contribution in [-0.4, -0.2) is 54.5 Å². The van der Waals surface area contributed by atoms with Gasteiger partial charge in [0, 0.05) is 0 Å². The summed E-state index contributed by atoms with van der Waals surface area (Å²) in [5.41, 5.74) is -4.95. The molecular weight excluding hydrogens is 415 g/mol. The van der Waals surface area contributed by atoms with Crippen LogP contribution >= 0.6 is 0 Å². The van der Waals surface area contributed by atoms with Gasteiger partial charge in [0.25, 0.3) is 0 Å². The monoisotopic (exact) mass is 432 g/mol. The molecule has 0 amide bonds. The summed E-state index contributed by atoms with van der Waals surface area (Å²) in [6.07, 6.45) is -3.42. The highest BCUT2D eigenvalue weighted by Crippen LogP contribution is 2.64. The van der Waals surface area contributed by atoms with Crippen LogP contribution in [0.5, 0.6) is 0 Å². The molecule has 28 heavy (non-hydrogen) atoms. The van der Waals surface area contributed by atoms with Gasteiger partial charge in [0.15, 0.2) is 0 Å². The molecule has 164 valence electrons. The molecule has 2 unspecified atom stereocenters. The van der Waals surface area contributed by atoms with Crippen molar-refractivity contribution in [2.24, 2.45) is 5.92 Å². The lowest BCUT2D eigenvalue weighted by molar-refractivity contribution is -0.427. The van der Waals surface area contributed by atoms with Gasteiger partial charge in [0.1, 0.15) is 13.2 Å². The highest BCUT2D eigenvalue weighted by molar-refractivity contribution is 5.73. The van der Waals surface area contributed by atoms with Gasteiger partial charge < -0.3 is 9.47 Å². The van der Waals surface area contributed by atoms with Crippen LogP contribution in [0.2, 0.25) is 0 Å². The second-order valence-corrected chi connectivity index (χ2v) is 6.46. The Labute approximate surface area is 153 Å². The number of hydrogen-bond donors (Lipinski definition) is 0. The topological polar surface area (TPSA) is 52.6 Å². The van der Waals surface area contributed by atoms with Gasteiger partial charge in [-0.05, 0) is 6.42 Å². The SMILES string of the molecule is CCC(C)C(=O)OCCC(=O)OCC1(F)CC(F)(F)C(F)(F)C(F)(F)C1(F)F. The van der Waals surface area contributed by atoms with Crippen molar-refractivity contribution in [3.05, 3.63) is 0 Å². The molecule has 0 bridgehead atoms. The Hall–Kier alpha value is -1.69. The maximum Gasteiger partial charge on any atom is 0.381 e. The lowest BCUT2D eigenvalue weighted by atomic mass is 9.76. The molecule has 1 aliphatic rings. The molecule has 0 aromatic carbocycles. The van der Waals surface area contributed by atoms with Crippen LogP contribution in [0.25, 0.3) is 0 Å². The van der Waals surface area contributed by atoms with E-state index in [2.05, 4.69) is 9.47 Å². The van der Waals surface area contributed by atoms with Gasteiger partial charge in [-0.2, -0.15) is 35.1 Å². The van der Waals surface area contributed by atoms with Crippen LogP contribution in [0.4, 0.5) is 39.5 Å². The molecule has 4 nitrogen and oxygen atoms in total. The summed E-state index contributed by atoms with van der Waals surface area (Å²) < 4.78 is 129. The maximum atomic E-state index is 14.2. The third-order valence-corrected chi connectivity index (χ3v) is 4.34. The Morgan fingerprint density at radius 3 is 1.93 bits per heavy atom. The average Bonchev–Trinajstić information content (AvgIpc) is 2.57. The molecule has 1 rings (SSSR count). The predicted molar refractivity (Wildman–Crippen MR) is 74.2 cm³/mol. The van der Waals surface area contributed by atoms with Crippen molar-refractivity contribution in [3.63, 3.8) is 0 Å². The summed E-state index contributed by atoms with van der Waals surface area (Å²) in [5.74, 6) is -28.1. The summed E-state index contributed by atoms with van der Waals surface area (Å²) in [6, 6.07) is 0. The smallest absolute Gasteiger partial charge is 0.381 e. The minimum atomic E-state index is -6.74. The van der Waals surface area contributed by atoms with E-state index in [1.807, 2.05) is 0 Å². The van der Waals surface area contributed by atoms with E-state index in [1.165, 1.54) is 6.92 Å². The molecular formula is C15H17F9O4. The standard InChI is InChI=1S/C15H17F9O4/c1-3-8(2)10(26)27-5-4-9(25)28-7-11(16)6-12(17,18)14(21,22)15(23,24)13(11,19)20/h8H,3-7H2,1-2H3. The number of halogens is 9. The summed E-state index contributed by atoms with van der Waals surface area (Å²) in [6.45, 7) is 0.191. The van der Waals surface area contributed by atoms with Gasteiger partial charge in [-0.1, -0.05) is 13.8 Å². The fraction of sp³-hybridized carbons (Fsp3) is 0.867. The quantitative estimate of drug-likeness (QED) is 0.448. The van der Waals surface area contributed by atoms with Crippen LogP contribution in [0.1, 0.15) is 33.1 Å². The van der Waals surface area contributed by atoms with Crippen LogP contribution in [0, 0.1) is 5.92 Å². The van der Waals surface area contributed by atoms with Gasteiger partial charge >= 0.3 is 35.6 Å². The van der Waals surface area contributed by atoms with Gasteiger partial charge in [-0.15, -0.1) is 0 Å². The fourth-order valence-electron chi connectivity index (χ4n) is 2.23. The number of rotatable bonds is 7. The second kappa shape index (κ2) is 7.62. The van der Waals surface area contributed by atoms with Gasteiger partial charge in [-0.25, -0.2) is 4.39 Å². The number of carbonyl (C=O) groups excluding carboxylic acids is 2. The number of carbonyl (C=O) groups is 2. The third-order valence-electron chi connectivity index (χ3n) is 4.34. The van der Waals surface area contributed by atoms with Gasteiger partial charge in [0.05, 0.1) is 18.8 Å². The van der Waals surface area contributed by atoms with Crippen molar-refractivity contribution in [2.75, 3.05) is 13.2 Å². The van der Waals surface area contributed by atoms with Gasteiger partial charge in [0.2, 0.25) is 5.67 Å². The van der Waals surface area contributed by atoms with Crippen molar-refractivity contribution in [1.29, 1.82) is 0 Å². The number of esters is 2. The summed E-state index contributed by atoms with van der Waals surface area (Å²) >= 11 is 0. The molecule has 1 saturated carbocycles. The van der Waals surface area contributed by atoms with E-state index in [9.17, 15) is 49.1 Å². The zero-order valence-corrected chi connectivity index (χ0v) is 14.6. The molecule has 1 aliphatic carbocycles. The number of hydrogen-bond acceptors (Lipinski definition) is 4. The van der Waals surface area contributed by atoms with Crippen molar-refractivity contribution >= 4 is 11.9 Å². The van der Waals surface area contributed by atoms with Crippen LogP contribution in [-0.2, 0) is 19.1 Å². The van der Waals surface area contributed by atoms with E-state index in [-0.39, 0.29) is 0 Å². The Morgan fingerprint density at radius 2 is 1.43 bits per heavy atom. The first-order valence-corrected chi connectivity index (χ1v) is 7.99. The average molecular weight is 432 g/mol. The number of ether oxygens (including phenoxy) is 2. The van der Waals surface area contributed by atoms with E-state index in [4.69, 9.17) is 0 Å². The van der Waals surface area contributed by atoms with E-state index in [0.717, 1.165) is 0 Å². The van der Waals surface area contributed by atoms with Crippen molar-refractivity contribution in [1.82, 2.24) is 0 Å². The lowest BCUT2D eigenvalue weighted by Gasteiger charge is -2.48. The molecule has 1 fully saturated rings. The zero-order chi connectivity index (χ0) is 22.2. The van der Waals surface area contributed by atoms with Crippen LogP contribution in [0.3, 0.4) is 0 Å². The molecule has 0 aromatic heterocycles. The van der Waals surface area contributed by atoms with E-state index < -0.39 is 73.3 Å². The minimum absolute atomic E-state index is 0.399. The van der Waals surface area contributed by atoms with E-state index in [1.54, 1.807) is 6.92 Å². The van der Waals surface area contributed by atoms with Crippen molar-refractivity contribution < 1.29 is 58.6 Å². The molecule has 0 saturated heterocycles. The molecule has 0 aliphatic heterocycles. The van der Waals surface area contributed by atoms with Crippen LogP contribution in [0.15, 0.2) is 0 Å². The Morgan fingerprint density at radius 1 is 0.893 bits per heavy atom. The third kappa shape index (κ3) is 3.88. The maximum absolute atomic E-state index is 14.2. The molecule has 13 heteroatoms. The minimum Gasteiger partial charge on any atom is -0.465 e. The first kappa shape index (κ1) is 24.3. The van der Waals surface area contributed by atoms with E-state index >= 15 is 0 Å². The van der Waals surface area contributed by atoms with Crippen molar-refractivity contribution in [2.45, 2.75) is 62.5 Å². The zero-order valence-electron chi connectivity index (χ0n) is 14.6. The lowest BCUT2D eigenvalue weighted by Crippen LogP contribution is -2.75. The Bertz CT molecular complexity index is 608. The first-order valence-electron chi connectivity index (χ1n) is 7.99. The second-order valence-electron chi connectivity index (χ2n) is 6.46. The first-order chi connectivity index (χ1) is 12.5. The molecule has 0 spiro atoms. The highest BCUT2D eigenvalue weighted by atomic mass is 19.4. The molecule has 0 N–H and O–H groups in total. The van der Waals surface area contributed by atoms with Gasteiger partial charge in [-0.3, -0.25) is 9.59 Å². The van der Waals surface area contributed by atoms with Crippen LogP contribution < -0.4 is 0 Å². The summed E-state index contributed by atoms with van der Waals surface area (Å²) in [5, 5.41) is 0. The molecule has 0 heterocycles. The molecule has 0 radical (unpaired) electrons.